The van der Waals surface area contributed by atoms with E-state index in [0.29, 0.717) is 0 Å². The molecule has 22 heavy (non-hydrogen) atoms. The second-order valence-electron chi connectivity index (χ2n) is 4.21. The fourth-order valence-corrected chi connectivity index (χ4v) is 1.63. The van der Waals surface area contributed by atoms with E-state index < -0.39 is 23.1 Å². The zero-order valence-electron chi connectivity index (χ0n) is 11.2. The number of amides is 1. The quantitative estimate of drug-likeness (QED) is 0.946. The van der Waals surface area contributed by atoms with Gasteiger partial charge in [0.2, 0.25) is 11.2 Å². The second-order valence-corrected chi connectivity index (χ2v) is 4.21. The molecule has 0 unspecified atom stereocenters. The van der Waals surface area contributed by atoms with Crippen LogP contribution in [0.3, 0.4) is 0 Å². The third-order valence-corrected chi connectivity index (χ3v) is 2.69. The van der Waals surface area contributed by atoms with Crippen LogP contribution in [-0.2, 0) is 6.18 Å². The summed E-state index contributed by atoms with van der Waals surface area (Å²) in [6, 6.07) is 4.99. The van der Waals surface area contributed by atoms with Crippen LogP contribution in [0.5, 0.6) is 5.75 Å². The lowest BCUT2D eigenvalue weighted by Gasteiger charge is -2.09. The van der Waals surface area contributed by atoms with Crippen molar-refractivity contribution in [3.8, 4) is 5.75 Å². The molecule has 116 valence electrons. The first kappa shape index (κ1) is 15.6. The van der Waals surface area contributed by atoms with Crippen LogP contribution in [0.1, 0.15) is 16.1 Å². The Morgan fingerprint density at radius 2 is 2.00 bits per heavy atom. The summed E-state index contributed by atoms with van der Waals surface area (Å²) >= 11 is 0. The molecule has 1 aromatic carbocycles. The molecule has 0 fully saturated rings. The zero-order chi connectivity index (χ0) is 16.3. The number of rotatable bonds is 3. The molecule has 0 aliphatic carbocycles. The number of hydrogen-bond acceptors (Lipinski definition) is 4. The van der Waals surface area contributed by atoms with Gasteiger partial charge in [0, 0.05) is 11.8 Å². The fraction of sp³-hybridized carbons (Fsp3) is 0.143. The van der Waals surface area contributed by atoms with Gasteiger partial charge >= 0.3 is 6.18 Å². The number of halogens is 3. The smallest absolute Gasteiger partial charge is 0.416 e. The maximum atomic E-state index is 12.6. The van der Waals surface area contributed by atoms with Crippen molar-refractivity contribution in [2.24, 2.45) is 0 Å². The first-order chi connectivity index (χ1) is 10.3. The number of benzene rings is 1. The van der Waals surface area contributed by atoms with Gasteiger partial charge in [-0.2, -0.15) is 13.2 Å². The monoisotopic (exact) mass is 313 g/mol. The first-order valence-electron chi connectivity index (χ1n) is 5.96. The highest BCUT2D eigenvalue weighted by molar-refractivity contribution is 6.02. The number of methoxy groups -OCH3 is 1. The fourth-order valence-electron chi connectivity index (χ4n) is 1.63. The molecule has 1 N–H and O–H groups in total. The Morgan fingerprint density at radius 1 is 1.27 bits per heavy atom. The number of nitrogens with one attached hydrogen (secondary N) is 1. The summed E-state index contributed by atoms with van der Waals surface area (Å²) in [7, 11) is 1.26. The van der Waals surface area contributed by atoms with Crippen molar-refractivity contribution in [1.29, 1.82) is 0 Å². The van der Waals surface area contributed by atoms with Gasteiger partial charge in [0.25, 0.3) is 5.91 Å². The van der Waals surface area contributed by atoms with Crippen LogP contribution >= 0.6 is 0 Å². The Balaban J connectivity index is 2.22. The van der Waals surface area contributed by atoms with E-state index in [1.807, 2.05) is 0 Å². The van der Waals surface area contributed by atoms with Crippen LogP contribution in [0.25, 0.3) is 0 Å². The van der Waals surface area contributed by atoms with Gasteiger partial charge in [0.1, 0.15) is 6.26 Å². The van der Waals surface area contributed by atoms with Crippen LogP contribution < -0.4 is 15.5 Å². The Kier molecular flexibility index (Phi) is 4.20. The van der Waals surface area contributed by atoms with Crippen molar-refractivity contribution in [2.75, 3.05) is 12.4 Å². The molecule has 0 bridgehead atoms. The Bertz CT molecular complexity index is 752. The summed E-state index contributed by atoms with van der Waals surface area (Å²) in [6.45, 7) is 0. The molecule has 0 spiro atoms. The lowest BCUT2D eigenvalue weighted by Crippen LogP contribution is -2.16. The standard InChI is InChI=1S/C14H10F3NO4/c1-21-12-7-22-11(6-10(12)19)13(20)18-9-4-2-3-8(5-9)14(15,16)17/h2-7H,1H3,(H,18,20). The molecule has 2 aromatic rings. The summed E-state index contributed by atoms with van der Waals surface area (Å²) < 4.78 is 47.3. The van der Waals surface area contributed by atoms with Gasteiger partial charge in [-0.15, -0.1) is 0 Å². The molecule has 0 radical (unpaired) electrons. The molecule has 0 aliphatic rings. The molecule has 1 amide bonds. The lowest BCUT2D eigenvalue weighted by molar-refractivity contribution is -0.137. The summed E-state index contributed by atoms with van der Waals surface area (Å²) in [5.41, 5.74) is -1.55. The molecule has 2 rings (SSSR count). The Morgan fingerprint density at radius 3 is 2.59 bits per heavy atom. The highest BCUT2D eigenvalue weighted by atomic mass is 19.4. The van der Waals surface area contributed by atoms with Crippen molar-refractivity contribution in [1.82, 2.24) is 0 Å². The summed E-state index contributed by atoms with van der Waals surface area (Å²) in [4.78, 5) is 23.4. The van der Waals surface area contributed by atoms with E-state index in [2.05, 4.69) is 10.1 Å². The SMILES string of the molecule is COc1coc(C(=O)Nc2cccc(C(F)(F)F)c2)cc1=O. The van der Waals surface area contributed by atoms with Gasteiger partial charge in [0.05, 0.1) is 12.7 Å². The summed E-state index contributed by atoms with van der Waals surface area (Å²) in [6.07, 6.45) is -3.57. The van der Waals surface area contributed by atoms with Crippen molar-refractivity contribution in [3.05, 3.63) is 58.1 Å². The average Bonchev–Trinajstić information content (AvgIpc) is 2.46. The molecule has 0 saturated heterocycles. The Hall–Kier alpha value is -2.77. The maximum absolute atomic E-state index is 12.6. The zero-order valence-corrected chi connectivity index (χ0v) is 11.2. The highest BCUT2D eigenvalue weighted by Crippen LogP contribution is 2.30. The number of hydrogen-bond donors (Lipinski definition) is 1. The summed E-state index contributed by atoms with van der Waals surface area (Å²) in [5, 5.41) is 2.22. The summed E-state index contributed by atoms with van der Waals surface area (Å²) in [5.74, 6) is -1.28. The molecule has 1 heterocycles. The molecule has 0 saturated carbocycles. The van der Waals surface area contributed by atoms with E-state index in [9.17, 15) is 22.8 Å². The van der Waals surface area contributed by atoms with Crippen LogP contribution in [-0.4, -0.2) is 13.0 Å². The van der Waals surface area contributed by atoms with Gasteiger partial charge in [0.15, 0.2) is 5.76 Å². The topological polar surface area (TPSA) is 68.5 Å². The van der Waals surface area contributed by atoms with Crippen molar-refractivity contribution < 1.29 is 27.1 Å². The van der Waals surface area contributed by atoms with Crippen LogP contribution in [0.2, 0.25) is 0 Å². The van der Waals surface area contributed by atoms with Gasteiger partial charge < -0.3 is 14.5 Å². The highest BCUT2D eigenvalue weighted by Gasteiger charge is 2.30. The predicted octanol–water partition coefficient (Wildman–Crippen LogP) is 2.92. The van der Waals surface area contributed by atoms with E-state index in [1.54, 1.807) is 0 Å². The van der Waals surface area contributed by atoms with E-state index in [0.717, 1.165) is 30.5 Å². The number of ether oxygens (including phenoxy) is 1. The van der Waals surface area contributed by atoms with Crippen molar-refractivity contribution >= 4 is 11.6 Å². The molecular formula is C14H10F3NO4. The third kappa shape index (κ3) is 3.46. The van der Waals surface area contributed by atoms with Gasteiger partial charge in [-0.3, -0.25) is 9.59 Å². The minimum Gasteiger partial charge on any atom is -0.490 e. The molecule has 8 heteroatoms. The maximum Gasteiger partial charge on any atom is 0.416 e. The second kappa shape index (κ2) is 5.92. The number of carbonyl (C=O) groups is 1. The molecule has 5 nitrogen and oxygen atoms in total. The van der Waals surface area contributed by atoms with Crippen LogP contribution in [0.15, 0.2) is 45.8 Å². The lowest BCUT2D eigenvalue weighted by atomic mass is 10.2. The normalized spacial score (nSPS) is 11.1. The number of anilines is 1. The predicted molar refractivity (Wildman–Crippen MR) is 70.9 cm³/mol. The van der Waals surface area contributed by atoms with Crippen molar-refractivity contribution in [2.45, 2.75) is 6.18 Å². The molecule has 0 atom stereocenters. The largest absolute Gasteiger partial charge is 0.490 e. The van der Waals surface area contributed by atoms with Crippen LogP contribution in [0.4, 0.5) is 18.9 Å². The minimum atomic E-state index is -4.52. The first-order valence-corrected chi connectivity index (χ1v) is 5.96. The number of alkyl halides is 3. The van der Waals surface area contributed by atoms with Gasteiger partial charge in [-0.25, -0.2) is 0 Å². The average molecular weight is 313 g/mol. The van der Waals surface area contributed by atoms with Gasteiger partial charge in [-0.1, -0.05) is 6.07 Å². The molecule has 1 aromatic heterocycles. The number of carbonyl (C=O) groups excluding carboxylic acids is 1. The van der Waals surface area contributed by atoms with E-state index in [1.165, 1.54) is 13.2 Å². The van der Waals surface area contributed by atoms with E-state index in [-0.39, 0.29) is 17.2 Å². The molecular weight excluding hydrogens is 303 g/mol. The molecule has 0 aliphatic heterocycles. The van der Waals surface area contributed by atoms with Crippen LogP contribution in [0, 0.1) is 0 Å². The Labute approximate surface area is 122 Å². The van der Waals surface area contributed by atoms with E-state index in [4.69, 9.17) is 4.42 Å². The minimum absolute atomic E-state index is 0.0710. The van der Waals surface area contributed by atoms with Gasteiger partial charge in [-0.05, 0) is 18.2 Å². The van der Waals surface area contributed by atoms with E-state index >= 15 is 0 Å². The van der Waals surface area contributed by atoms with Crippen molar-refractivity contribution in [3.63, 3.8) is 0 Å². The third-order valence-electron chi connectivity index (χ3n) is 2.69.